The van der Waals surface area contributed by atoms with Crippen LogP contribution in [0.1, 0.15) is 99.3 Å². The zero-order valence-electron chi connectivity index (χ0n) is 23.5. The summed E-state index contributed by atoms with van der Waals surface area (Å²) in [6.45, 7) is 2.97. The summed E-state index contributed by atoms with van der Waals surface area (Å²) in [6.07, 6.45) is 13.0. The smallest absolute Gasteiger partial charge is 0.230 e. The molecule has 3 aliphatic carbocycles. The average Bonchev–Trinajstić information content (AvgIpc) is 3.72. The van der Waals surface area contributed by atoms with Crippen molar-refractivity contribution in [1.82, 2.24) is 4.37 Å². The van der Waals surface area contributed by atoms with E-state index in [1.807, 2.05) is 0 Å². The van der Waals surface area contributed by atoms with E-state index >= 15 is 0 Å². The van der Waals surface area contributed by atoms with Gasteiger partial charge in [-0.25, -0.2) is 0 Å². The Bertz CT molecular complexity index is 1280. The number of aromatic nitrogens is 1. The summed E-state index contributed by atoms with van der Waals surface area (Å²) in [5.74, 6) is 3.30. The van der Waals surface area contributed by atoms with Gasteiger partial charge in [-0.05, 0) is 123 Å². The van der Waals surface area contributed by atoms with Crippen LogP contribution in [0.4, 0.5) is 5.69 Å². The van der Waals surface area contributed by atoms with Crippen molar-refractivity contribution in [2.24, 2.45) is 11.8 Å². The lowest BCUT2D eigenvalue weighted by atomic mass is 9.78. The molecule has 0 unspecified atom stereocenters. The van der Waals surface area contributed by atoms with Crippen molar-refractivity contribution in [2.75, 3.05) is 18.6 Å². The van der Waals surface area contributed by atoms with E-state index in [2.05, 4.69) is 60.4 Å². The number of nitrogens with zero attached hydrogens (tertiary/aromatic N) is 2. The number of ether oxygens (including phenoxy) is 1. The molecule has 1 amide bonds. The van der Waals surface area contributed by atoms with Gasteiger partial charge in [0.2, 0.25) is 5.91 Å². The van der Waals surface area contributed by atoms with E-state index in [1.54, 1.807) is 18.6 Å². The topological polar surface area (TPSA) is 42.4 Å². The molecule has 0 spiro atoms. The van der Waals surface area contributed by atoms with Crippen LogP contribution in [0.2, 0.25) is 0 Å². The molecule has 1 aromatic heterocycles. The molecule has 206 valence electrons. The van der Waals surface area contributed by atoms with Gasteiger partial charge in [0.05, 0.1) is 17.7 Å². The second-order valence-corrected chi connectivity index (χ2v) is 13.0. The fourth-order valence-electron chi connectivity index (χ4n) is 6.81. The maximum atomic E-state index is 14.0. The Morgan fingerprint density at radius 1 is 0.923 bits per heavy atom. The summed E-state index contributed by atoms with van der Waals surface area (Å²) >= 11 is 1.60. The van der Waals surface area contributed by atoms with E-state index in [0.29, 0.717) is 23.7 Å². The summed E-state index contributed by atoms with van der Waals surface area (Å²) in [4.78, 5) is 17.4. The molecule has 5 heteroatoms. The van der Waals surface area contributed by atoms with Gasteiger partial charge in [-0.1, -0.05) is 43.5 Å². The van der Waals surface area contributed by atoms with Crippen LogP contribution in [0.5, 0.6) is 5.75 Å². The second kappa shape index (κ2) is 11.8. The lowest BCUT2D eigenvalue weighted by Gasteiger charge is -2.35. The van der Waals surface area contributed by atoms with Crippen molar-refractivity contribution in [1.29, 1.82) is 0 Å². The number of carbonyl (C=O) groups is 1. The Kier molecular flexibility index (Phi) is 8.06. The van der Waals surface area contributed by atoms with E-state index in [-0.39, 0.29) is 5.92 Å². The van der Waals surface area contributed by atoms with Crippen molar-refractivity contribution in [3.8, 4) is 16.2 Å². The van der Waals surface area contributed by atoms with Crippen LogP contribution in [0.25, 0.3) is 10.4 Å². The highest BCUT2D eigenvalue weighted by molar-refractivity contribution is 7.09. The quantitative estimate of drug-likeness (QED) is 0.285. The molecule has 0 bridgehead atoms. The highest BCUT2D eigenvalue weighted by Crippen LogP contribution is 2.43. The standard InChI is InChI=1S/C34H42N2O2S/c1-23-19-28(17-18-32(23)38-2)25-13-11-24(12-14-25)22-36(34(37)27-7-4-3-5-8-27)30-10-6-9-29(20-30)33-21-31(35-39-33)26-15-16-26/h6,9-10,17-21,24-27H,3-5,7-8,11-16,22H2,1-2H3/t24-,25-. The van der Waals surface area contributed by atoms with Crippen LogP contribution >= 0.6 is 11.5 Å². The normalized spacial score (nSPS) is 22.0. The first-order valence-corrected chi connectivity index (χ1v) is 15.9. The molecular formula is C34H42N2O2S. The monoisotopic (exact) mass is 542 g/mol. The number of anilines is 1. The molecule has 4 nitrogen and oxygen atoms in total. The third-order valence-corrected chi connectivity index (χ3v) is 10.2. The molecule has 39 heavy (non-hydrogen) atoms. The van der Waals surface area contributed by atoms with Crippen molar-refractivity contribution < 1.29 is 9.53 Å². The van der Waals surface area contributed by atoms with Crippen LogP contribution in [0, 0.1) is 18.8 Å². The first-order valence-electron chi connectivity index (χ1n) is 15.1. The van der Waals surface area contributed by atoms with Crippen LogP contribution in [0.3, 0.4) is 0 Å². The average molecular weight is 543 g/mol. The minimum absolute atomic E-state index is 0.172. The van der Waals surface area contributed by atoms with Crippen LogP contribution in [-0.4, -0.2) is 23.9 Å². The zero-order chi connectivity index (χ0) is 26.8. The number of hydrogen-bond donors (Lipinski definition) is 0. The third-order valence-electron chi connectivity index (χ3n) is 9.36. The number of hydrogen-bond acceptors (Lipinski definition) is 4. The molecule has 3 fully saturated rings. The first kappa shape index (κ1) is 26.6. The summed E-state index contributed by atoms with van der Waals surface area (Å²) < 4.78 is 10.2. The van der Waals surface area contributed by atoms with Crippen molar-refractivity contribution in [2.45, 2.75) is 89.4 Å². The Morgan fingerprint density at radius 2 is 1.69 bits per heavy atom. The number of amides is 1. The molecular weight excluding hydrogens is 500 g/mol. The molecule has 3 saturated carbocycles. The van der Waals surface area contributed by atoms with Gasteiger partial charge in [-0.3, -0.25) is 4.79 Å². The number of aryl methyl sites for hydroxylation is 1. The fraction of sp³-hybridized carbons (Fsp3) is 0.529. The van der Waals surface area contributed by atoms with Crippen LogP contribution in [0.15, 0.2) is 48.5 Å². The zero-order valence-corrected chi connectivity index (χ0v) is 24.3. The fourth-order valence-corrected chi connectivity index (χ4v) is 7.62. The Morgan fingerprint density at radius 3 is 2.41 bits per heavy atom. The van der Waals surface area contributed by atoms with E-state index in [4.69, 9.17) is 9.11 Å². The van der Waals surface area contributed by atoms with Crippen molar-refractivity contribution in [3.63, 3.8) is 0 Å². The second-order valence-electron chi connectivity index (χ2n) is 12.2. The minimum Gasteiger partial charge on any atom is -0.496 e. The Labute approximate surface area is 237 Å². The predicted molar refractivity (Wildman–Crippen MR) is 161 cm³/mol. The number of carbonyl (C=O) groups excluding carboxylic acids is 1. The molecule has 0 N–H and O–H groups in total. The number of benzene rings is 2. The van der Waals surface area contributed by atoms with E-state index < -0.39 is 0 Å². The molecule has 1 heterocycles. The lowest BCUT2D eigenvalue weighted by molar-refractivity contribution is -0.123. The molecule has 0 saturated heterocycles. The van der Waals surface area contributed by atoms with Crippen molar-refractivity contribution >= 4 is 23.1 Å². The van der Waals surface area contributed by atoms with Gasteiger partial charge in [0.15, 0.2) is 0 Å². The third kappa shape index (κ3) is 6.09. The van der Waals surface area contributed by atoms with Gasteiger partial charge in [0, 0.05) is 24.1 Å². The largest absolute Gasteiger partial charge is 0.496 e. The summed E-state index contributed by atoms with van der Waals surface area (Å²) in [5.41, 5.74) is 6.16. The van der Waals surface area contributed by atoms with Crippen molar-refractivity contribution in [3.05, 3.63) is 65.4 Å². The number of rotatable bonds is 8. The molecule has 6 rings (SSSR count). The van der Waals surface area contributed by atoms with Gasteiger partial charge >= 0.3 is 0 Å². The molecule has 0 radical (unpaired) electrons. The van der Waals surface area contributed by atoms with Gasteiger partial charge in [0.25, 0.3) is 0 Å². The predicted octanol–water partition coefficient (Wildman–Crippen LogP) is 8.89. The summed E-state index contributed by atoms with van der Waals surface area (Å²) in [6, 6.07) is 17.7. The van der Waals surface area contributed by atoms with Crippen LogP contribution < -0.4 is 9.64 Å². The number of methoxy groups -OCH3 is 1. The summed E-state index contributed by atoms with van der Waals surface area (Å²) in [5, 5.41) is 0. The van der Waals surface area contributed by atoms with Gasteiger partial charge in [-0.2, -0.15) is 4.37 Å². The molecule has 3 aliphatic rings. The lowest BCUT2D eigenvalue weighted by Crippen LogP contribution is -2.41. The van der Waals surface area contributed by atoms with Gasteiger partial charge in [0.1, 0.15) is 5.75 Å². The first-order chi connectivity index (χ1) is 19.1. The summed E-state index contributed by atoms with van der Waals surface area (Å²) in [7, 11) is 1.74. The van der Waals surface area contributed by atoms with Gasteiger partial charge < -0.3 is 9.64 Å². The SMILES string of the molecule is COc1ccc([C@H]2CC[C@H](CN(C(=O)C3CCCCC3)c3cccc(-c4cc(C5CC5)ns4)c3)CC2)cc1C. The van der Waals surface area contributed by atoms with E-state index in [9.17, 15) is 4.79 Å². The van der Waals surface area contributed by atoms with E-state index in [0.717, 1.165) is 30.8 Å². The highest BCUT2D eigenvalue weighted by atomic mass is 32.1. The van der Waals surface area contributed by atoms with Crippen LogP contribution in [-0.2, 0) is 4.79 Å². The highest BCUT2D eigenvalue weighted by Gasteiger charge is 2.31. The Hall–Kier alpha value is -2.66. The maximum absolute atomic E-state index is 14.0. The molecule has 0 atom stereocenters. The van der Waals surface area contributed by atoms with Gasteiger partial charge in [-0.15, -0.1) is 0 Å². The Balaban J connectivity index is 1.19. The van der Waals surface area contributed by atoms with E-state index in [1.165, 1.54) is 85.0 Å². The molecule has 2 aromatic carbocycles. The molecule has 0 aliphatic heterocycles. The maximum Gasteiger partial charge on any atom is 0.230 e. The minimum atomic E-state index is 0.172. The molecule has 3 aromatic rings.